The van der Waals surface area contributed by atoms with Gasteiger partial charge in [0.1, 0.15) is 0 Å². The molecule has 3 aromatic rings. The molecule has 0 aliphatic carbocycles. The summed E-state index contributed by atoms with van der Waals surface area (Å²) in [5, 5.41) is 13.4. The van der Waals surface area contributed by atoms with E-state index < -0.39 is 5.91 Å². The molecule has 0 bridgehead atoms. The normalized spacial score (nSPS) is 11.0. The Labute approximate surface area is 204 Å². The monoisotopic (exact) mass is 476 g/mol. The van der Waals surface area contributed by atoms with E-state index in [9.17, 15) is 9.90 Å². The summed E-state index contributed by atoms with van der Waals surface area (Å²) in [6, 6.07) is 14.1. The molecule has 3 rings (SSSR count). The summed E-state index contributed by atoms with van der Waals surface area (Å²) in [6.07, 6.45) is 6.49. The van der Waals surface area contributed by atoms with Gasteiger partial charge in [0, 0.05) is 17.3 Å². The molecule has 8 nitrogen and oxygen atoms in total. The first-order valence-electron chi connectivity index (χ1n) is 10.6. The zero-order valence-corrected chi connectivity index (χ0v) is 20.0. The lowest BCUT2D eigenvalue weighted by molar-refractivity contribution is -0.111. The predicted molar refractivity (Wildman–Crippen MR) is 138 cm³/mol. The number of hydrogen-bond acceptors (Lipinski definition) is 7. The van der Waals surface area contributed by atoms with Gasteiger partial charge in [0.15, 0.2) is 23.0 Å². The van der Waals surface area contributed by atoms with Crippen molar-refractivity contribution in [3.8, 4) is 28.7 Å². The minimum absolute atomic E-state index is 0.194. The number of amides is 1. The van der Waals surface area contributed by atoms with E-state index in [1.54, 1.807) is 54.6 Å². The van der Waals surface area contributed by atoms with Crippen LogP contribution in [-0.2, 0) is 4.79 Å². The number of hydrogen-bond donors (Lipinski definition) is 3. The molecule has 0 atom stereocenters. The minimum Gasteiger partial charge on any atom is -0.503 e. The Morgan fingerprint density at radius 2 is 1.49 bits per heavy atom. The second kappa shape index (κ2) is 11.5. The average molecular weight is 477 g/mol. The van der Waals surface area contributed by atoms with Gasteiger partial charge >= 0.3 is 0 Å². The van der Waals surface area contributed by atoms with Crippen LogP contribution in [0.2, 0.25) is 0 Å². The fourth-order valence-electron chi connectivity index (χ4n) is 3.40. The topological polar surface area (TPSA) is 112 Å². The van der Waals surface area contributed by atoms with Crippen LogP contribution in [0.4, 0.5) is 11.4 Å². The van der Waals surface area contributed by atoms with Gasteiger partial charge in [-0.15, -0.1) is 0 Å². The summed E-state index contributed by atoms with van der Waals surface area (Å²) in [5.41, 5.74) is 8.69. The lowest BCUT2D eigenvalue weighted by Crippen LogP contribution is -2.09. The first-order chi connectivity index (χ1) is 16.9. The molecule has 0 aliphatic rings. The molecular weight excluding hydrogens is 448 g/mol. The van der Waals surface area contributed by atoms with E-state index in [1.807, 2.05) is 12.1 Å². The molecule has 0 aliphatic heterocycles. The largest absolute Gasteiger partial charge is 0.503 e. The highest BCUT2D eigenvalue weighted by molar-refractivity contribution is 6.05. The van der Waals surface area contributed by atoms with Gasteiger partial charge in [-0.3, -0.25) is 4.79 Å². The molecule has 35 heavy (non-hydrogen) atoms. The van der Waals surface area contributed by atoms with E-state index in [1.165, 1.54) is 34.5 Å². The lowest BCUT2D eigenvalue weighted by Gasteiger charge is -2.14. The molecule has 1 amide bonds. The van der Waals surface area contributed by atoms with Gasteiger partial charge in [-0.1, -0.05) is 30.4 Å². The summed E-state index contributed by atoms with van der Waals surface area (Å²) in [6.45, 7) is 0. The Kier molecular flexibility index (Phi) is 8.24. The molecule has 0 saturated carbocycles. The first-order valence-corrected chi connectivity index (χ1v) is 10.6. The molecule has 3 aromatic carbocycles. The summed E-state index contributed by atoms with van der Waals surface area (Å²) < 4.78 is 21.4. The van der Waals surface area contributed by atoms with Crippen LogP contribution in [0.25, 0.3) is 18.2 Å². The molecule has 0 unspecified atom stereocenters. The van der Waals surface area contributed by atoms with Gasteiger partial charge in [0.05, 0.1) is 34.1 Å². The van der Waals surface area contributed by atoms with Crippen molar-refractivity contribution in [3.63, 3.8) is 0 Å². The summed E-state index contributed by atoms with van der Waals surface area (Å²) in [5.74, 6) is 1.07. The van der Waals surface area contributed by atoms with Crippen LogP contribution in [0.1, 0.15) is 16.7 Å². The minimum atomic E-state index is -0.445. The summed E-state index contributed by atoms with van der Waals surface area (Å²) in [7, 11) is 6.04. The molecule has 182 valence electrons. The van der Waals surface area contributed by atoms with E-state index in [4.69, 9.17) is 24.7 Å². The van der Waals surface area contributed by atoms with Crippen LogP contribution < -0.4 is 30.0 Å². The van der Waals surface area contributed by atoms with Crippen molar-refractivity contribution < 1.29 is 28.8 Å². The van der Waals surface area contributed by atoms with E-state index >= 15 is 0 Å². The van der Waals surface area contributed by atoms with Crippen molar-refractivity contribution in [2.24, 2.45) is 0 Å². The number of aromatic hydroxyl groups is 1. The van der Waals surface area contributed by atoms with Gasteiger partial charge in [-0.2, -0.15) is 0 Å². The number of benzene rings is 3. The quantitative estimate of drug-likeness (QED) is 0.175. The third-order valence-corrected chi connectivity index (χ3v) is 5.19. The standard InChI is InChI=1S/C27H28N2O6/c1-32-21-13-11-19(10-9-17-15-22(33-2)27(35-4)23(16-17)34-3)25(26(21)31)29-24(30)14-12-18-7-5-6-8-20(18)28/h5-16,31H,28H2,1-4H3,(H,29,30)/b10-9+,14-12+. The lowest BCUT2D eigenvalue weighted by atomic mass is 10.1. The zero-order chi connectivity index (χ0) is 25.4. The average Bonchev–Trinajstić information content (AvgIpc) is 2.87. The van der Waals surface area contributed by atoms with Crippen molar-refractivity contribution in [2.45, 2.75) is 0 Å². The van der Waals surface area contributed by atoms with E-state index in [0.29, 0.717) is 34.1 Å². The highest BCUT2D eigenvalue weighted by Crippen LogP contribution is 2.40. The van der Waals surface area contributed by atoms with Gasteiger partial charge < -0.3 is 35.1 Å². The van der Waals surface area contributed by atoms with Crippen molar-refractivity contribution in [2.75, 3.05) is 39.5 Å². The molecule has 0 fully saturated rings. The Morgan fingerprint density at radius 3 is 2.09 bits per heavy atom. The van der Waals surface area contributed by atoms with Crippen LogP contribution in [0.15, 0.2) is 54.6 Å². The maximum atomic E-state index is 12.7. The molecule has 8 heteroatoms. The molecule has 0 spiro atoms. The van der Waals surface area contributed by atoms with Crippen molar-refractivity contribution in [1.82, 2.24) is 0 Å². The fraction of sp³-hybridized carbons (Fsp3) is 0.148. The summed E-state index contributed by atoms with van der Waals surface area (Å²) >= 11 is 0. The number of carbonyl (C=O) groups is 1. The maximum absolute atomic E-state index is 12.7. The predicted octanol–water partition coefficient (Wildman–Crippen LogP) is 4.83. The smallest absolute Gasteiger partial charge is 0.248 e. The van der Waals surface area contributed by atoms with E-state index in [2.05, 4.69) is 5.32 Å². The van der Waals surface area contributed by atoms with Crippen molar-refractivity contribution in [3.05, 3.63) is 71.3 Å². The number of methoxy groups -OCH3 is 4. The number of rotatable bonds is 9. The van der Waals surface area contributed by atoms with E-state index in [-0.39, 0.29) is 17.2 Å². The maximum Gasteiger partial charge on any atom is 0.248 e. The molecule has 0 heterocycles. The number of nitrogens with one attached hydrogen (secondary N) is 1. The van der Waals surface area contributed by atoms with Crippen LogP contribution >= 0.6 is 0 Å². The molecule has 0 saturated heterocycles. The SMILES string of the molecule is COc1ccc(/C=C/c2cc(OC)c(OC)c(OC)c2)c(NC(=O)/C=C/c2ccccc2N)c1O. The van der Waals surface area contributed by atoms with Gasteiger partial charge in [-0.05, 0) is 47.5 Å². The molecule has 0 aromatic heterocycles. The number of carbonyl (C=O) groups excluding carboxylic acids is 1. The summed E-state index contributed by atoms with van der Waals surface area (Å²) in [4.78, 5) is 12.7. The number of para-hydroxylation sites is 1. The second-order valence-corrected chi connectivity index (χ2v) is 7.32. The Hall–Kier alpha value is -4.59. The van der Waals surface area contributed by atoms with Gasteiger partial charge in [0.25, 0.3) is 0 Å². The number of nitrogens with two attached hydrogens (primary N) is 1. The molecular formula is C27H28N2O6. The van der Waals surface area contributed by atoms with Crippen molar-refractivity contribution in [1.29, 1.82) is 0 Å². The molecule has 4 N–H and O–H groups in total. The molecule has 0 radical (unpaired) electrons. The third kappa shape index (κ3) is 5.86. The van der Waals surface area contributed by atoms with Gasteiger partial charge in [0.2, 0.25) is 11.7 Å². The number of anilines is 2. The highest BCUT2D eigenvalue weighted by Gasteiger charge is 2.15. The van der Waals surface area contributed by atoms with Crippen molar-refractivity contribution >= 4 is 35.5 Å². The zero-order valence-electron chi connectivity index (χ0n) is 20.0. The Balaban J connectivity index is 1.94. The Bertz CT molecular complexity index is 1240. The van der Waals surface area contributed by atoms with Crippen LogP contribution in [0, 0.1) is 0 Å². The number of ether oxygens (including phenoxy) is 4. The number of phenolic OH excluding ortho intramolecular Hbond substituents is 1. The van der Waals surface area contributed by atoms with Crippen LogP contribution in [0.3, 0.4) is 0 Å². The van der Waals surface area contributed by atoms with E-state index in [0.717, 1.165) is 5.56 Å². The Morgan fingerprint density at radius 1 is 0.829 bits per heavy atom. The number of phenols is 1. The highest BCUT2D eigenvalue weighted by atomic mass is 16.5. The van der Waals surface area contributed by atoms with Gasteiger partial charge in [-0.25, -0.2) is 0 Å². The van der Waals surface area contributed by atoms with Crippen LogP contribution in [0.5, 0.6) is 28.7 Å². The number of nitrogen functional groups attached to an aromatic ring is 1. The second-order valence-electron chi connectivity index (χ2n) is 7.32. The van der Waals surface area contributed by atoms with Crippen LogP contribution in [-0.4, -0.2) is 39.5 Å². The first kappa shape index (κ1) is 25.0. The fourth-order valence-corrected chi connectivity index (χ4v) is 3.40. The third-order valence-electron chi connectivity index (χ3n) is 5.19.